The third-order valence-corrected chi connectivity index (χ3v) is 5.19. The van der Waals surface area contributed by atoms with Gasteiger partial charge in [0.25, 0.3) is 0 Å². The van der Waals surface area contributed by atoms with Gasteiger partial charge in [0.15, 0.2) is 0 Å². The molecule has 0 radical (unpaired) electrons. The summed E-state index contributed by atoms with van der Waals surface area (Å²) in [6.45, 7) is 10.5. The van der Waals surface area contributed by atoms with Gasteiger partial charge in [-0.25, -0.2) is 0 Å². The topological polar surface area (TPSA) is 6.48 Å². The summed E-state index contributed by atoms with van der Waals surface area (Å²) in [5.74, 6) is 0.492. The second-order valence-electron chi connectivity index (χ2n) is 6.53. The highest BCUT2D eigenvalue weighted by molar-refractivity contribution is 5.27. The Morgan fingerprint density at radius 1 is 0.783 bits per heavy atom. The maximum atomic E-state index is 2.68. The van der Waals surface area contributed by atoms with E-state index < -0.39 is 0 Å². The van der Waals surface area contributed by atoms with E-state index in [4.69, 9.17) is 0 Å². The highest BCUT2D eigenvalue weighted by Gasteiger charge is 2.29. The maximum absolute atomic E-state index is 2.68. The first kappa shape index (κ1) is 16.2. The van der Waals surface area contributed by atoms with Crippen molar-refractivity contribution in [2.24, 2.45) is 0 Å². The van der Waals surface area contributed by atoms with E-state index in [9.17, 15) is 0 Å². The van der Waals surface area contributed by atoms with E-state index in [2.05, 4.69) is 84.3 Å². The molecule has 0 bridgehead atoms. The molecule has 0 amide bonds. The molecule has 0 N–H and O–H groups in total. The number of rotatable bonds is 5. The number of nitrogens with zero attached hydrogens (tertiary/aromatic N) is 2. The minimum Gasteiger partial charge on any atom is -0.301 e. The van der Waals surface area contributed by atoms with Gasteiger partial charge in [0.1, 0.15) is 0 Å². The Bertz CT molecular complexity index is 573. The molecule has 1 aliphatic heterocycles. The van der Waals surface area contributed by atoms with Crippen molar-refractivity contribution in [2.45, 2.75) is 25.8 Å². The SMILES string of the molecule is CCN1CCN(C(c2ccccc2)C(C)c2ccccc2)CC1. The quantitative estimate of drug-likeness (QED) is 0.818. The molecule has 1 aliphatic rings. The zero-order chi connectivity index (χ0) is 16.1. The van der Waals surface area contributed by atoms with Crippen LogP contribution in [0.2, 0.25) is 0 Å². The van der Waals surface area contributed by atoms with Crippen LogP contribution in [0.1, 0.15) is 36.9 Å². The van der Waals surface area contributed by atoms with Gasteiger partial charge in [-0.1, -0.05) is 74.5 Å². The summed E-state index contributed by atoms with van der Waals surface area (Å²) in [7, 11) is 0. The van der Waals surface area contributed by atoms with Crippen LogP contribution in [0, 0.1) is 0 Å². The van der Waals surface area contributed by atoms with Gasteiger partial charge in [0.2, 0.25) is 0 Å². The second kappa shape index (κ2) is 7.76. The van der Waals surface area contributed by atoms with Crippen LogP contribution in [0.3, 0.4) is 0 Å². The number of likely N-dealkylation sites (N-methyl/N-ethyl adjacent to an activating group) is 1. The molecule has 3 rings (SSSR count). The average molecular weight is 308 g/mol. The Morgan fingerprint density at radius 3 is 1.83 bits per heavy atom. The van der Waals surface area contributed by atoms with Gasteiger partial charge < -0.3 is 4.90 Å². The van der Waals surface area contributed by atoms with E-state index >= 15 is 0 Å². The molecular weight excluding hydrogens is 280 g/mol. The first-order chi connectivity index (χ1) is 11.3. The molecular formula is C21H28N2. The van der Waals surface area contributed by atoms with Crippen molar-refractivity contribution in [3.63, 3.8) is 0 Å². The molecule has 0 saturated carbocycles. The molecule has 0 spiro atoms. The first-order valence-corrected chi connectivity index (χ1v) is 8.86. The van der Waals surface area contributed by atoms with Crippen LogP contribution < -0.4 is 0 Å². The zero-order valence-corrected chi connectivity index (χ0v) is 14.4. The molecule has 2 unspecified atom stereocenters. The largest absolute Gasteiger partial charge is 0.301 e. The average Bonchev–Trinajstić information content (AvgIpc) is 2.64. The van der Waals surface area contributed by atoms with Crippen molar-refractivity contribution in [3.05, 3.63) is 71.8 Å². The van der Waals surface area contributed by atoms with Crippen molar-refractivity contribution in [2.75, 3.05) is 32.7 Å². The van der Waals surface area contributed by atoms with Crippen LogP contribution in [0.4, 0.5) is 0 Å². The molecule has 1 saturated heterocycles. The second-order valence-corrected chi connectivity index (χ2v) is 6.53. The predicted molar refractivity (Wildman–Crippen MR) is 97.7 cm³/mol. The summed E-state index contributed by atoms with van der Waals surface area (Å²) in [5, 5.41) is 0. The molecule has 122 valence electrons. The number of benzene rings is 2. The molecule has 0 aromatic heterocycles. The standard InChI is InChI=1S/C21H28N2/c1-3-22-14-16-23(17-15-22)21(20-12-8-5-9-13-20)18(2)19-10-6-4-7-11-19/h4-13,18,21H,3,14-17H2,1-2H3. The van der Waals surface area contributed by atoms with E-state index in [1.807, 2.05) is 0 Å². The van der Waals surface area contributed by atoms with Crippen LogP contribution in [0.15, 0.2) is 60.7 Å². The Hall–Kier alpha value is -1.64. The van der Waals surface area contributed by atoms with E-state index in [1.54, 1.807) is 0 Å². The normalized spacial score (nSPS) is 19.4. The molecule has 23 heavy (non-hydrogen) atoms. The number of hydrogen-bond acceptors (Lipinski definition) is 2. The lowest BCUT2D eigenvalue weighted by Crippen LogP contribution is -2.48. The fraction of sp³-hybridized carbons (Fsp3) is 0.429. The molecule has 0 aliphatic carbocycles. The van der Waals surface area contributed by atoms with Gasteiger partial charge >= 0.3 is 0 Å². The monoisotopic (exact) mass is 308 g/mol. The van der Waals surface area contributed by atoms with Gasteiger partial charge in [-0.2, -0.15) is 0 Å². The Kier molecular flexibility index (Phi) is 5.47. The summed E-state index contributed by atoms with van der Waals surface area (Å²) >= 11 is 0. The van der Waals surface area contributed by atoms with Gasteiger partial charge in [0, 0.05) is 38.1 Å². The van der Waals surface area contributed by atoms with Crippen molar-refractivity contribution in [1.82, 2.24) is 9.80 Å². The molecule has 1 heterocycles. The van der Waals surface area contributed by atoms with E-state index in [1.165, 1.54) is 24.2 Å². The Labute approximate surface area is 140 Å². The van der Waals surface area contributed by atoms with Crippen molar-refractivity contribution in [1.29, 1.82) is 0 Å². The third kappa shape index (κ3) is 3.82. The lowest BCUT2D eigenvalue weighted by Gasteiger charge is -2.41. The zero-order valence-electron chi connectivity index (χ0n) is 14.4. The van der Waals surface area contributed by atoms with Crippen LogP contribution in [-0.2, 0) is 0 Å². The Balaban J connectivity index is 1.86. The number of hydrogen-bond donors (Lipinski definition) is 0. The summed E-state index contributed by atoms with van der Waals surface area (Å²) in [6, 6.07) is 22.4. The lowest BCUT2D eigenvalue weighted by atomic mass is 9.87. The molecule has 2 aromatic carbocycles. The third-order valence-electron chi connectivity index (χ3n) is 5.19. The highest BCUT2D eigenvalue weighted by atomic mass is 15.3. The first-order valence-electron chi connectivity index (χ1n) is 8.86. The van der Waals surface area contributed by atoms with Gasteiger partial charge in [0.05, 0.1) is 0 Å². The molecule has 2 nitrogen and oxygen atoms in total. The molecule has 2 heteroatoms. The van der Waals surface area contributed by atoms with Crippen LogP contribution in [0.5, 0.6) is 0 Å². The minimum absolute atomic E-state index is 0.456. The molecule has 2 aromatic rings. The summed E-state index contributed by atoms with van der Waals surface area (Å²) in [6.07, 6.45) is 0. The molecule has 1 fully saturated rings. The summed E-state index contributed by atoms with van der Waals surface area (Å²) < 4.78 is 0. The fourth-order valence-electron chi connectivity index (χ4n) is 3.76. The number of piperazine rings is 1. The highest BCUT2D eigenvalue weighted by Crippen LogP contribution is 2.36. The van der Waals surface area contributed by atoms with Crippen molar-refractivity contribution >= 4 is 0 Å². The smallest absolute Gasteiger partial charge is 0.0415 e. The summed E-state index contributed by atoms with van der Waals surface area (Å²) in [4.78, 5) is 5.23. The van der Waals surface area contributed by atoms with Gasteiger partial charge in [-0.3, -0.25) is 4.90 Å². The predicted octanol–water partition coefficient (Wildman–Crippen LogP) is 4.17. The van der Waals surface area contributed by atoms with E-state index in [-0.39, 0.29) is 0 Å². The molecule has 2 atom stereocenters. The van der Waals surface area contributed by atoms with Gasteiger partial charge in [-0.05, 0) is 17.7 Å². The maximum Gasteiger partial charge on any atom is 0.0415 e. The van der Waals surface area contributed by atoms with Crippen LogP contribution in [-0.4, -0.2) is 42.5 Å². The Morgan fingerprint density at radius 2 is 1.30 bits per heavy atom. The summed E-state index contributed by atoms with van der Waals surface area (Å²) in [5.41, 5.74) is 2.87. The van der Waals surface area contributed by atoms with E-state index in [0.29, 0.717) is 12.0 Å². The van der Waals surface area contributed by atoms with Crippen molar-refractivity contribution < 1.29 is 0 Å². The van der Waals surface area contributed by atoms with E-state index in [0.717, 1.165) is 19.6 Å². The minimum atomic E-state index is 0.456. The lowest BCUT2D eigenvalue weighted by molar-refractivity contribution is 0.0889. The van der Waals surface area contributed by atoms with Crippen LogP contribution >= 0.6 is 0 Å². The van der Waals surface area contributed by atoms with Crippen LogP contribution in [0.25, 0.3) is 0 Å². The van der Waals surface area contributed by atoms with Crippen molar-refractivity contribution in [3.8, 4) is 0 Å². The fourth-order valence-corrected chi connectivity index (χ4v) is 3.76. The van der Waals surface area contributed by atoms with Gasteiger partial charge in [-0.15, -0.1) is 0 Å².